The van der Waals surface area contributed by atoms with Gasteiger partial charge in [0, 0.05) is 36.8 Å². The van der Waals surface area contributed by atoms with E-state index in [4.69, 9.17) is 0 Å². The lowest BCUT2D eigenvalue weighted by Crippen LogP contribution is -2.40. The largest absolute Gasteiger partial charge is 0.352 e. The van der Waals surface area contributed by atoms with Gasteiger partial charge < -0.3 is 10.2 Å². The van der Waals surface area contributed by atoms with E-state index in [0.29, 0.717) is 6.04 Å². The van der Waals surface area contributed by atoms with Crippen LogP contribution in [-0.4, -0.2) is 35.6 Å². The lowest BCUT2D eigenvalue weighted by molar-refractivity contribution is 0.669. The quantitative estimate of drug-likeness (QED) is 0.828. The summed E-state index contributed by atoms with van der Waals surface area (Å²) in [6.45, 7) is 7.62. The van der Waals surface area contributed by atoms with Crippen molar-refractivity contribution >= 4 is 17.6 Å². The van der Waals surface area contributed by atoms with Crippen molar-refractivity contribution in [2.45, 2.75) is 32.9 Å². The fraction of sp³-hybridized carbons (Fsp3) is 0.643. The SMILES string of the molecule is CCCNCc1ccnc(N2CCSCC2C)c1. The van der Waals surface area contributed by atoms with Crippen molar-refractivity contribution in [2.75, 3.05) is 29.5 Å². The highest BCUT2D eigenvalue weighted by atomic mass is 32.2. The van der Waals surface area contributed by atoms with Crippen LogP contribution in [0.5, 0.6) is 0 Å². The van der Waals surface area contributed by atoms with Crippen LogP contribution in [0.1, 0.15) is 25.8 Å². The Bertz CT molecular complexity index is 370. The highest BCUT2D eigenvalue weighted by molar-refractivity contribution is 7.99. The molecule has 0 saturated carbocycles. The topological polar surface area (TPSA) is 28.2 Å². The normalized spacial score (nSPS) is 20.1. The molecule has 0 bridgehead atoms. The molecule has 1 aliphatic rings. The first-order valence-corrected chi connectivity index (χ1v) is 7.96. The smallest absolute Gasteiger partial charge is 0.129 e. The molecule has 0 aromatic carbocycles. The van der Waals surface area contributed by atoms with Gasteiger partial charge in [0.25, 0.3) is 0 Å². The predicted octanol–water partition coefficient (Wildman–Crippen LogP) is 2.52. The van der Waals surface area contributed by atoms with Crippen molar-refractivity contribution in [1.82, 2.24) is 10.3 Å². The van der Waals surface area contributed by atoms with Crippen LogP contribution in [-0.2, 0) is 6.54 Å². The number of aromatic nitrogens is 1. The maximum atomic E-state index is 4.53. The minimum atomic E-state index is 0.593. The maximum absolute atomic E-state index is 4.53. The molecular weight excluding hydrogens is 242 g/mol. The van der Waals surface area contributed by atoms with E-state index >= 15 is 0 Å². The summed E-state index contributed by atoms with van der Waals surface area (Å²) in [6.07, 6.45) is 3.12. The fourth-order valence-corrected chi connectivity index (χ4v) is 3.22. The highest BCUT2D eigenvalue weighted by Gasteiger charge is 2.19. The Balaban J connectivity index is 2.01. The van der Waals surface area contributed by atoms with Crippen LogP contribution in [0.15, 0.2) is 18.3 Å². The van der Waals surface area contributed by atoms with E-state index < -0.39 is 0 Å². The molecule has 18 heavy (non-hydrogen) atoms. The van der Waals surface area contributed by atoms with Crippen LogP contribution >= 0.6 is 11.8 Å². The summed E-state index contributed by atoms with van der Waals surface area (Å²) in [5.41, 5.74) is 1.33. The van der Waals surface area contributed by atoms with Crippen molar-refractivity contribution in [3.63, 3.8) is 0 Å². The summed E-state index contributed by atoms with van der Waals surface area (Å²) in [6, 6.07) is 4.93. The van der Waals surface area contributed by atoms with E-state index in [9.17, 15) is 0 Å². The summed E-state index contributed by atoms with van der Waals surface area (Å²) >= 11 is 2.04. The Hall–Kier alpha value is -0.740. The Morgan fingerprint density at radius 3 is 3.22 bits per heavy atom. The van der Waals surface area contributed by atoms with E-state index in [1.807, 2.05) is 18.0 Å². The molecule has 2 rings (SSSR count). The molecule has 1 saturated heterocycles. The van der Waals surface area contributed by atoms with Gasteiger partial charge in [0.2, 0.25) is 0 Å². The average Bonchev–Trinajstić information content (AvgIpc) is 2.40. The number of anilines is 1. The molecule has 0 aliphatic carbocycles. The standard InChI is InChI=1S/C14H23N3S/c1-3-5-15-10-13-4-6-16-14(9-13)17-7-8-18-11-12(17)2/h4,6,9,12,15H,3,5,7-8,10-11H2,1-2H3. The minimum Gasteiger partial charge on any atom is -0.352 e. The van der Waals surface area contributed by atoms with Gasteiger partial charge in [-0.2, -0.15) is 11.8 Å². The van der Waals surface area contributed by atoms with Gasteiger partial charge in [0.05, 0.1) is 0 Å². The highest BCUT2D eigenvalue weighted by Crippen LogP contribution is 2.22. The zero-order valence-corrected chi connectivity index (χ0v) is 12.2. The number of hydrogen-bond acceptors (Lipinski definition) is 4. The van der Waals surface area contributed by atoms with Crippen LogP contribution in [0.25, 0.3) is 0 Å². The van der Waals surface area contributed by atoms with Crippen molar-refractivity contribution < 1.29 is 0 Å². The van der Waals surface area contributed by atoms with Crippen LogP contribution in [0.3, 0.4) is 0 Å². The molecule has 1 atom stereocenters. The van der Waals surface area contributed by atoms with E-state index in [1.165, 1.54) is 23.5 Å². The third-order valence-corrected chi connectivity index (χ3v) is 4.42. The van der Waals surface area contributed by atoms with Crippen LogP contribution in [0, 0.1) is 0 Å². The monoisotopic (exact) mass is 265 g/mol. The Morgan fingerprint density at radius 1 is 1.56 bits per heavy atom. The second-order valence-corrected chi connectivity index (χ2v) is 5.97. The molecule has 2 heterocycles. The minimum absolute atomic E-state index is 0.593. The van der Waals surface area contributed by atoms with Gasteiger partial charge in [-0.25, -0.2) is 4.98 Å². The number of pyridine rings is 1. The Kier molecular flexibility index (Phi) is 5.32. The van der Waals surface area contributed by atoms with Gasteiger partial charge in [-0.1, -0.05) is 6.92 Å². The van der Waals surface area contributed by atoms with Crippen LogP contribution in [0.2, 0.25) is 0 Å². The molecule has 1 aliphatic heterocycles. The molecule has 1 aromatic heterocycles. The average molecular weight is 265 g/mol. The molecule has 1 fully saturated rings. The second kappa shape index (κ2) is 7.00. The van der Waals surface area contributed by atoms with Gasteiger partial charge >= 0.3 is 0 Å². The number of rotatable bonds is 5. The van der Waals surface area contributed by atoms with E-state index in [1.54, 1.807) is 0 Å². The third kappa shape index (κ3) is 3.62. The number of thioether (sulfide) groups is 1. The van der Waals surface area contributed by atoms with Gasteiger partial charge in [-0.05, 0) is 37.6 Å². The number of nitrogens with one attached hydrogen (secondary N) is 1. The van der Waals surface area contributed by atoms with Crippen molar-refractivity contribution in [1.29, 1.82) is 0 Å². The molecule has 0 amide bonds. The van der Waals surface area contributed by atoms with E-state index in [-0.39, 0.29) is 0 Å². The predicted molar refractivity (Wildman–Crippen MR) is 80.4 cm³/mol. The summed E-state index contributed by atoms with van der Waals surface area (Å²) < 4.78 is 0. The van der Waals surface area contributed by atoms with Gasteiger partial charge in [0.15, 0.2) is 0 Å². The lowest BCUT2D eigenvalue weighted by atomic mass is 10.2. The van der Waals surface area contributed by atoms with Gasteiger partial charge in [-0.15, -0.1) is 0 Å². The van der Waals surface area contributed by atoms with E-state index in [2.05, 4.69) is 41.2 Å². The summed E-state index contributed by atoms with van der Waals surface area (Å²) in [5, 5.41) is 3.44. The zero-order chi connectivity index (χ0) is 12.8. The Labute approximate surface area is 114 Å². The Morgan fingerprint density at radius 2 is 2.44 bits per heavy atom. The third-order valence-electron chi connectivity index (χ3n) is 3.23. The van der Waals surface area contributed by atoms with Crippen LogP contribution in [0.4, 0.5) is 5.82 Å². The van der Waals surface area contributed by atoms with Gasteiger partial charge in [0.1, 0.15) is 5.82 Å². The molecule has 1 unspecified atom stereocenters. The fourth-order valence-electron chi connectivity index (χ4n) is 2.20. The van der Waals surface area contributed by atoms with Crippen LogP contribution < -0.4 is 10.2 Å². The second-order valence-electron chi connectivity index (χ2n) is 4.82. The maximum Gasteiger partial charge on any atom is 0.129 e. The molecule has 4 heteroatoms. The van der Waals surface area contributed by atoms with Gasteiger partial charge in [-0.3, -0.25) is 0 Å². The molecule has 3 nitrogen and oxygen atoms in total. The molecule has 0 radical (unpaired) electrons. The molecule has 0 spiro atoms. The summed E-state index contributed by atoms with van der Waals surface area (Å²) in [7, 11) is 0. The van der Waals surface area contributed by atoms with Crippen molar-refractivity contribution in [3.8, 4) is 0 Å². The molecular formula is C14H23N3S. The first-order valence-electron chi connectivity index (χ1n) is 6.81. The first-order chi connectivity index (χ1) is 8.81. The first kappa shape index (κ1) is 13.7. The molecule has 1 N–H and O–H groups in total. The number of nitrogens with zero attached hydrogens (tertiary/aromatic N) is 2. The summed E-state index contributed by atoms with van der Waals surface area (Å²) in [4.78, 5) is 6.96. The zero-order valence-electron chi connectivity index (χ0n) is 11.4. The molecule has 1 aromatic rings. The van der Waals surface area contributed by atoms with Crippen molar-refractivity contribution in [2.24, 2.45) is 0 Å². The van der Waals surface area contributed by atoms with E-state index in [0.717, 1.165) is 25.5 Å². The number of hydrogen-bond donors (Lipinski definition) is 1. The molecule has 100 valence electrons. The summed E-state index contributed by atoms with van der Waals surface area (Å²) in [5.74, 6) is 3.56. The lowest BCUT2D eigenvalue weighted by Gasteiger charge is -2.34. The van der Waals surface area contributed by atoms with Crippen molar-refractivity contribution in [3.05, 3.63) is 23.9 Å².